The summed E-state index contributed by atoms with van der Waals surface area (Å²) in [5.41, 5.74) is 0.448. The van der Waals surface area contributed by atoms with E-state index < -0.39 is 17.9 Å². The molecule has 0 radical (unpaired) electrons. The number of imide groups is 1. The van der Waals surface area contributed by atoms with Gasteiger partial charge in [-0.05, 0) is 6.42 Å². The highest BCUT2D eigenvalue weighted by atomic mass is 16.3. The zero-order valence-electron chi connectivity index (χ0n) is 9.65. The first kappa shape index (κ1) is 12.4. The highest BCUT2D eigenvalue weighted by Crippen LogP contribution is 2.30. The van der Waals surface area contributed by atoms with Gasteiger partial charge >= 0.3 is 0 Å². The molecule has 1 aromatic rings. The number of rotatable bonds is 5. The van der Waals surface area contributed by atoms with Gasteiger partial charge in [-0.2, -0.15) is 0 Å². The van der Waals surface area contributed by atoms with E-state index in [9.17, 15) is 14.4 Å². The predicted octanol–water partition coefficient (Wildman–Crippen LogP) is 0.235. The number of hydrogen-bond acceptors (Lipinski definition) is 4. The zero-order valence-corrected chi connectivity index (χ0v) is 9.65. The minimum Gasteiger partial charge on any atom is -0.396 e. The molecule has 1 fully saturated rings. The van der Waals surface area contributed by atoms with Crippen molar-refractivity contribution in [3.63, 3.8) is 0 Å². The van der Waals surface area contributed by atoms with Gasteiger partial charge in [0, 0.05) is 12.2 Å². The third-order valence-electron chi connectivity index (χ3n) is 3.14. The molecule has 18 heavy (non-hydrogen) atoms. The summed E-state index contributed by atoms with van der Waals surface area (Å²) in [6, 6.07) is 7.96. The normalized spacial score (nSPS) is 22.5. The Labute approximate surface area is 104 Å². The van der Waals surface area contributed by atoms with Gasteiger partial charge in [0.05, 0.1) is 6.04 Å². The fraction of sp³-hybridized carbons (Fsp3) is 0.308. The summed E-state index contributed by atoms with van der Waals surface area (Å²) < 4.78 is 0. The van der Waals surface area contributed by atoms with Crippen molar-refractivity contribution < 1.29 is 19.5 Å². The Kier molecular flexibility index (Phi) is 3.53. The molecule has 0 aromatic heterocycles. The molecule has 1 saturated heterocycles. The first-order valence-corrected chi connectivity index (χ1v) is 5.68. The molecular weight excluding hydrogens is 234 g/mol. The average Bonchev–Trinajstić information content (AvgIpc) is 2.40. The van der Waals surface area contributed by atoms with Gasteiger partial charge in [0.1, 0.15) is 5.92 Å². The van der Waals surface area contributed by atoms with Crippen LogP contribution < -0.4 is 0 Å². The van der Waals surface area contributed by atoms with Gasteiger partial charge in [0.15, 0.2) is 5.78 Å². The molecule has 1 heterocycles. The summed E-state index contributed by atoms with van der Waals surface area (Å²) in [6.07, 6.45) is 0.644. The van der Waals surface area contributed by atoms with Gasteiger partial charge in [-0.1, -0.05) is 30.3 Å². The third kappa shape index (κ3) is 1.93. The molecule has 0 saturated carbocycles. The number of carbonyl (C=O) groups is 3. The predicted molar refractivity (Wildman–Crippen MR) is 62.7 cm³/mol. The molecule has 94 valence electrons. The van der Waals surface area contributed by atoms with Crippen molar-refractivity contribution in [2.75, 3.05) is 6.61 Å². The maximum atomic E-state index is 12.1. The molecule has 5 nitrogen and oxygen atoms in total. The van der Waals surface area contributed by atoms with E-state index in [0.29, 0.717) is 12.0 Å². The molecule has 1 N–H and O–H groups in total. The maximum Gasteiger partial charge on any atom is 0.242 e. The van der Waals surface area contributed by atoms with Crippen molar-refractivity contribution in [2.24, 2.45) is 5.92 Å². The standard InChI is InChI=1S/C13H13NO4/c15-7-6-10-11(13(18)14(10)8-16)12(17)9-4-2-1-3-5-9/h1-5,8,10-11,15H,6-7H2. The number of β-lactam (4-membered cyclic amide) rings is 1. The second-order valence-corrected chi connectivity index (χ2v) is 4.14. The van der Waals surface area contributed by atoms with Crippen molar-refractivity contribution in [1.29, 1.82) is 0 Å². The number of aliphatic hydroxyl groups excluding tert-OH is 1. The number of carbonyl (C=O) groups excluding carboxylic acids is 3. The molecule has 2 unspecified atom stereocenters. The number of Topliss-reactive ketones (excluding diaryl/α,β-unsaturated/α-hetero) is 1. The Bertz CT molecular complexity index is 471. The summed E-state index contributed by atoms with van der Waals surface area (Å²) in [5.74, 6) is -1.63. The van der Waals surface area contributed by atoms with Gasteiger partial charge < -0.3 is 5.11 Å². The van der Waals surface area contributed by atoms with E-state index in [1.165, 1.54) is 0 Å². The van der Waals surface area contributed by atoms with Gasteiger partial charge in [0.2, 0.25) is 12.3 Å². The molecule has 1 aromatic carbocycles. The molecule has 0 aliphatic carbocycles. The number of ketones is 1. The van der Waals surface area contributed by atoms with Crippen LogP contribution in [0.3, 0.4) is 0 Å². The molecule has 0 bridgehead atoms. The van der Waals surface area contributed by atoms with E-state index in [0.717, 1.165) is 4.90 Å². The quantitative estimate of drug-likeness (QED) is 0.350. The number of amides is 2. The molecule has 2 atom stereocenters. The largest absolute Gasteiger partial charge is 0.396 e. The van der Waals surface area contributed by atoms with Crippen LogP contribution >= 0.6 is 0 Å². The van der Waals surface area contributed by atoms with E-state index in [1.54, 1.807) is 30.3 Å². The number of likely N-dealkylation sites (tertiary alicyclic amines) is 1. The summed E-state index contributed by atoms with van der Waals surface area (Å²) in [6.45, 7) is -0.166. The van der Waals surface area contributed by atoms with Crippen molar-refractivity contribution >= 4 is 18.1 Å². The fourth-order valence-corrected chi connectivity index (χ4v) is 2.20. The van der Waals surface area contributed by atoms with Crippen LogP contribution in [0, 0.1) is 5.92 Å². The zero-order chi connectivity index (χ0) is 13.1. The summed E-state index contributed by atoms with van der Waals surface area (Å²) in [5, 5.41) is 8.91. The van der Waals surface area contributed by atoms with Crippen molar-refractivity contribution in [2.45, 2.75) is 12.5 Å². The lowest BCUT2D eigenvalue weighted by atomic mass is 9.80. The SMILES string of the molecule is O=CN1C(=O)C(C(=O)c2ccccc2)C1CCO. The van der Waals surface area contributed by atoms with Gasteiger partial charge in [-0.3, -0.25) is 19.3 Å². The summed E-state index contributed by atoms with van der Waals surface area (Å²) in [7, 11) is 0. The first-order valence-electron chi connectivity index (χ1n) is 5.68. The lowest BCUT2D eigenvalue weighted by molar-refractivity contribution is -0.157. The Morgan fingerprint density at radius 2 is 2.00 bits per heavy atom. The Morgan fingerprint density at radius 1 is 1.33 bits per heavy atom. The lowest BCUT2D eigenvalue weighted by Gasteiger charge is -2.42. The fourth-order valence-electron chi connectivity index (χ4n) is 2.20. The van der Waals surface area contributed by atoms with Gasteiger partial charge in [-0.25, -0.2) is 0 Å². The molecule has 1 aliphatic heterocycles. The number of aliphatic hydroxyl groups is 1. The van der Waals surface area contributed by atoms with Crippen LogP contribution in [0.5, 0.6) is 0 Å². The van der Waals surface area contributed by atoms with Crippen molar-refractivity contribution in [3.05, 3.63) is 35.9 Å². The van der Waals surface area contributed by atoms with Crippen LogP contribution in [0.2, 0.25) is 0 Å². The second kappa shape index (κ2) is 5.10. The van der Waals surface area contributed by atoms with Crippen LogP contribution in [-0.4, -0.2) is 40.8 Å². The Hall–Kier alpha value is -2.01. The molecule has 0 spiro atoms. The van der Waals surface area contributed by atoms with E-state index in [2.05, 4.69) is 0 Å². The van der Waals surface area contributed by atoms with Crippen LogP contribution in [0.4, 0.5) is 0 Å². The Morgan fingerprint density at radius 3 is 2.56 bits per heavy atom. The van der Waals surface area contributed by atoms with Crippen molar-refractivity contribution in [3.8, 4) is 0 Å². The van der Waals surface area contributed by atoms with Crippen LogP contribution in [0.15, 0.2) is 30.3 Å². The van der Waals surface area contributed by atoms with Gasteiger partial charge in [0.25, 0.3) is 0 Å². The molecule has 5 heteroatoms. The summed E-state index contributed by atoms with van der Waals surface area (Å²) >= 11 is 0. The minimum atomic E-state index is -0.843. The maximum absolute atomic E-state index is 12.1. The number of hydrogen-bond donors (Lipinski definition) is 1. The lowest BCUT2D eigenvalue weighted by Crippen LogP contribution is -2.63. The van der Waals surface area contributed by atoms with E-state index in [4.69, 9.17) is 5.11 Å². The smallest absolute Gasteiger partial charge is 0.242 e. The van der Waals surface area contributed by atoms with E-state index in [1.807, 2.05) is 0 Å². The van der Waals surface area contributed by atoms with E-state index >= 15 is 0 Å². The molecule has 2 rings (SSSR count). The minimum absolute atomic E-state index is 0.166. The molecule has 2 amide bonds. The topological polar surface area (TPSA) is 74.7 Å². The van der Waals surface area contributed by atoms with Crippen LogP contribution in [-0.2, 0) is 9.59 Å². The van der Waals surface area contributed by atoms with Crippen LogP contribution in [0.25, 0.3) is 0 Å². The molecular formula is C13H13NO4. The monoisotopic (exact) mass is 247 g/mol. The van der Waals surface area contributed by atoms with Crippen molar-refractivity contribution in [1.82, 2.24) is 4.90 Å². The summed E-state index contributed by atoms with van der Waals surface area (Å²) in [4.78, 5) is 35.5. The van der Waals surface area contributed by atoms with Crippen LogP contribution in [0.1, 0.15) is 16.8 Å². The Balaban J connectivity index is 2.20. The third-order valence-corrected chi connectivity index (χ3v) is 3.14. The second-order valence-electron chi connectivity index (χ2n) is 4.14. The molecule has 1 aliphatic rings. The first-order chi connectivity index (χ1) is 8.70. The average molecular weight is 247 g/mol. The van der Waals surface area contributed by atoms with E-state index in [-0.39, 0.29) is 18.8 Å². The highest BCUT2D eigenvalue weighted by Gasteiger charge is 2.50. The number of nitrogens with zero attached hydrogens (tertiary/aromatic N) is 1. The van der Waals surface area contributed by atoms with Gasteiger partial charge in [-0.15, -0.1) is 0 Å². The highest BCUT2D eigenvalue weighted by molar-refractivity contribution is 6.16. The number of benzene rings is 1.